The fraction of sp³-hybridized carbons (Fsp3) is 0.600. The number of aryl methyl sites for hydroxylation is 1. The van der Waals surface area contributed by atoms with Crippen molar-refractivity contribution in [3.05, 3.63) is 53.1 Å². The van der Waals surface area contributed by atoms with Crippen molar-refractivity contribution in [1.29, 1.82) is 0 Å². The molecule has 14 nitrogen and oxygen atoms in total. The number of ether oxygens (including phenoxy) is 4. The van der Waals surface area contributed by atoms with Gasteiger partial charge in [-0.05, 0) is 75.0 Å². The lowest BCUT2D eigenvalue weighted by molar-refractivity contribution is -0.135. The van der Waals surface area contributed by atoms with Gasteiger partial charge in [-0.25, -0.2) is 13.4 Å². The predicted octanol–water partition coefficient (Wildman–Crippen LogP) is 3.48. The van der Waals surface area contributed by atoms with Crippen LogP contribution in [0.25, 0.3) is 11.0 Å². The van der Waals surface area contributed by atoms with Crippen LogP contribution in [0.1, 0.15) is 49.9 Å². The average Bonchev–Trinajstić information content (AvgIpc) is 3.89. The molecule has 3 aliphatic rings. The largest absolute Gasteiger partial charge is 0.378 e. The summed E-state index contributed by atoms with van der Waals surface area (Å²) in [4.78, 5) is 43.0. The van der Waals surface area contributed by atoms with Gasteiger partial charge >= 0.3 is 0 Å². The SMILES string of the molecule is C#CCOCCOCCOCCOCCS(=O)(=O)CCCn1c(CN2C(=O)C3(CCN(C(=O)CCN4CCCC4)CC3)c3ccncc32)nc2cc(Cl)ccc21. The number of aromatic nitrogens is 3. The van der Waals surface area contributed by atoms with E-state index in [1.54, 1.807) is 29.4 Å². The van der Waals surface area contributed by atoms with E-state index >= 15 is 0 Å². The second kappa shape index (κ2) is 20.2. The summed E-state index contributed by atoms with van der Waals surface area (Å²) in [6, 6.07) is 7.36. The van der Waals surface area contributed by atoms with Gasteiger partial charge < -0.3 is 38.2 Å². The highest BCUT2D eigenvalue weighted by molar-refractivity contribution is 7.91. The van der Waals surface area contributed by atoms with Crippen LogP contribution in [0, 0.1) is 12.3 Å². The second-order valence-electron chi connectivity index (χ2n) is 14.5. The fourth-order valence-corrected chi connectivity index (χ4v) is 9.18. The molecule has 0 unspecified atom stereocenters. The molecule has 0 aliphatic carbocycles. The zero-order valence-corrected chi connectivity index (χ0v) is 33.6. The Balaban J connectivity index is 1.02. The number of sulfone groups is 1. The topological polar surface area (TPSA) is 146 Å². The van der Waals surface area contributed by atoms with E-state index in [4.69, 9.17) is 42.0 Å². The summed E-state index contributed by atoms with van der Waals surface area (Å²) in [6.07, 6.45) is 12.9. The molecular weight excluding hydrogens is 760 g/mol. The average molecular weight is 813 g/mol. The molecule has 2 saturated heterocycles. The van der Waals surface area contributed by atoms with Gasteiger partial charge in [0, 0.05) is 43.8 Å². The fourth-order valence-electron chi connectivity index (χ4n) is 7.87. The number of amides is 2. The highest BCUT2D eigenvalue weighted by atomic mass is 35.5. The summed E-state index contributed by atoms with van der Waals surface area (Å²) in [7, 11) is -3.40. The molecule has 2 amide bonds. The second-order valence-corrected chi connectivity index (χ2v) is 17.2. The summed E-state index contributed by atoms with van der Waals surface area (Å²) in [5, 5.41) is 0.532. The van der Waals surface area contributed by atoms with Crippen LogP contribution < -0.4 is 4.90 Å². The van der Waals surface area contributed by atoms with Crippen molar-refractivity contribution in [2.24, 2.45) is 0 Å². The number of piperidine rings is 1. The molecule has 3 aromatic rings. The molecule has 0 saturated carbocycles. The smallest absolute Gasteiger partial charge is 0.238 e. The van der Waals surface area contributed by atoms with Crippen LogP contribution in [0.2, 0.25) is 5.02 Å². The summed E-state index contributed by atoms with van der Waals surface area (Å²) in [5.41, 5.74) is 2.40. The molecule has 1 spiro atoms. The van der Waals surface area contributed by atoms with Gasteiger partial charge in [0.1, 0.15) is 12.4 Å². The van der Waals surface area contributed by atoms with Crippen LogP contribution in [-0.4, -0.2) is 142 Å². The molecule has 2 aromatic heterocycles. The quantitative estimate of drug-likeness (QED) is 0.109. The molecular formula is C40H53ClN6O8S. The number of anilines is 1. The first-order valence-electron chi connectivity index (χ1n) is 19.6. The molecule has 2 fully saturated rings. The highest BCUT2D eigenvalue weighted by Gasteiger charge is 2.52. The minimum Gasteiger partial charge on any atom is -0.378 e. The zero-order chi connectivity index (χ0) is 39.4. The van der Waals surface area contributed by atoms with Crippen LogP contribution in [-0.2, 0) is 56.9 Å². The van der Waals surface area contributed by atoms with E-state index in [9.17, 15) is 18.0 Å². The third-order valence-corrected chi connectivity index (χ3v) is 12.8. The number of fused-ring (bicyclic) bond motifs is 3. The number of carbonyl (C=O) groups is 2. The number of nitrogens with zero attached hydrogens (tertiary/aromatic N) is 6. The Labute approximate surface area is 334 Å². The summed E-state index contributed by atoms with van der Waals surface area (Å²) in [5.74, 6) is 3.00. The van der Waals surface area contributed by atoms with Crippen LogP contribution in [0.15, 0.2) is 36.7 Å². The van der Waals surface area contributed by atoms with E-state index in [1.165, 1.54) is 12.8 Å². The zero-order valence-electron chi connectivity index (χ0n) is 32.0. The van der Waals surface area contributed by atoms with Gasteiger partial charge in [-0.15, -0.1) is 6.42 Å². The van der Waals surface area contributed by atoms with E-state index < -0.39 is 15.3 Å². The van der Waals surface area contributed by atoms with Gasteiger partial charge in [-0.2, -0.15) is 0 Å². The number of rotatable bonds is 22. The first kappa shape index (κ1) is 42.0. The molecule has 16 heteroatoms. The van der Waals surface area contributed by atoms with Crippen molar-refractivity contribution in [2.75, 3.05) is 102 Å². The third kappa shape index (κ3) is 10.7. The van der Waals surface area contributed by atoms with E-state index in [2.05, 4.69) is 15.8 Å². The van der Waals surface area contributed by atoms with Crippen molar-refractivity contribution in [3.8, 4) is 12.3 Å². The van der Waals surface area contributed by atoms with Gasteiger partial charge in [0.15, 0.2) is 9.84 Å². The first-order valence-corrected chi connectivity index (χ1v) is 21.8. The Morgan fingerprint density at radius 3 is 2.32 bits per heavy atom. The Morgan fingerprint density at radius 1 is 0.911 bits per heavy atom. The number of pyridine rings is 1. The number of likely N-dealkylation sites (tertiary alicyclic amines) is 2. The van der Waals surface area contributed by atoms with Gasteiger partial charge in [-0.1, -0.05) is 17.5 Å². The van der Waals surface area contributed by atoms with Gasteiger partial charge in [0.2, 0.25) is 11.8 Å². The van der Waals surface area contributed by atoms with Crippen molar-refractivity contribution in [3.63, 3.8) is 0 Å². The van der Waals surface area contributed by atoms with Crippen LogP contribution in [0.3, 0.4) is 0 Å². The van der Waals surface area contributed by atoms with Gasteiger partial charge in [-0.3, -0.25) is 14.6 Å². The number of imidazole rings is 1. The summed E-state index contributed by atoms with van der Waals surface area (Å²) >= 11 is 6.35. The molecule has 3 aliphatic heterocycles. The molecule has 1 aromatic carbocycles. The maximum Gasteiger partial charge on any atom is 0.238 e. The van der Waals surface area contributed by atoms with E-state index in [1.807, 2.05) is 21.6 Å². The Hall–Kier alpha value is -3.62. The molecule has 6 rings (SSSR count). The van der Waals surface area contributed by atoms with Crippen molar-refractivity contribution in [2.45, 2.75) is 57.0 Å². The Morgan fingerprint density at radius 2 is 1.61 bits per heavy atom. The van der Waals surface area contributed by atoms with Crippen LogP contribution in [0.5, 0.6) is 0 Å². The predicted molar refractivity (Wildman–Crippen MR) is 213 cm³/mol. The molecule has 0 N–H and O–H groups in total. The Kier molecular flexibility index (Phi) is 15.1. The number of hydrogen-bond acceptors (Lipinski definition) is 11. The minimum atomic E-state index is -3.40. The summed E-state index contributed by atoms with van der Waals surface area (Å²) < 4.78 is 49.4. The number of benzene rings is 1. The van der Waals surface area contributed by atoms with Crippen molar-refractivity contribution in [1.82, 2.24) is 24.3 Å². The highest BCUT2D eigenvalue weighted by Crippen LogP contribution is 2.48. The van der Waals surface area contributed by atoms with E-state index in [0.717, 1.165) is 36.4 Å². The summed E-state index contributed by atoms with van der Waals surface area (Å²) in [6.45, 7) is 7.09. The lowest BCUT2D eigenvalue weighted by atomic mass is 9.74. The standard InChI is InChI=1S/C40H53ClN6O8S/c1-2-19-52-20-21-53-22-23-54-24-25-55-26-28-56(50,51)27-5-15-46-35-7-6-32(41)29-34(35)43-37(46)31-47-36-30-42-12-8-33(36)40(39(47)49)10-17-45(18-11-40)38(48)9-16-44-13-3-4-14-44/h1,6-8,12,29-30H,3-5,9-11,13-28,31H2. The Bertz CT molecular complexity index is 1940. The third-order valence-electron chi connectivity index (χ3n) is 10.8. The maximum absolute atomic E-state index is 14.5. The van der Waals surface area contributed by atoms with Gasteiger partial charge in [0.25, 0.3) is 0 Å². The number of hydrogen-bond donors (Lipinski definition) is 0. The monoisotopic (exact) mass is 812 g/mol. The number of halogens is 1. The van der Waals surface area contributed by atoms with Crippen LogP contribution >= 0.6 is 11.6 Å². The first-order chi connectivity index (χ1) is 27.2. The maximum atomic E-state index is 14.5. The molecule has 5 heterocycles. The lowest BCUT2D eigenvalue weighted by Gasteiger charge is -2.38. The normalized spacial score (nSPS) is 17.0. The lowest BCUT2D eigenvalue weighted by Crippen LogP contribution is -2.50. The van der Waals surface area contributed by atoms with Gasteiger partial charge in [0.05, 0.1) is 92.6 Å². The van der Waals surface area contributed by atoms with Crippen molar-refractivity contribution < 1.29 is 37.0 Å². The minimum absolute atomic E-state index is 0.0234. The number of carbonyl (C=O) groups excluding carboxylic acids is 2. The molecule has 56 heavy (non-hydrogen) atoms. The molecule has 0 radical (unpaired) electrons. The van der Waals surface area contributed by atoms with E-state index in [-0.39, 0.29) is 49.7 Å². The van der Waals surface area contributed by atoms with Crippen molar-refractivity contribution >= 4 is 50.0 Å². The molecule has 0 bridgehead atoms. The number of terminal acetylenes is 1. The molecule has 304 valence electrons. The van der Waals surface area contributed by atoms with Crippen LogP contribution in [0.4, 0.5) is 5.69 Å². The van der Waals surface area contributed by atoms with E-state index in [0.29, 0.717) is 94.7 Å². The molecule has 0 atom stereocenters.